The Hall–Kier alpha value is -1.09. The van der Waals surface area contributed by atoms with E-state index in [4.69, 9.17) is 4.74 Å². The van der Waals surface area contributed by atoms with Crippen molar-refractivity contribution in [3.8, 4) is 0 Å². The zero-order valence-corrected chi connectivity index (χ0v) is 11.1. The molecule has 0 aliphatic carbocycles. The summed E-state index contributed by atoms with van der Waals surface area (Å²) in [6.45, 7) is 6.70. The van der Waals surface area contributed by atoms with E-state index in [2.05, 4.69) is 31.8 Å². The molecular weight excluding hydrogens is 216 g/mol. The molecule has 1 saturated heterocycles. The van der Waals surface area contributed by atoms with E-state index in [9.17, 15) is 4.79 Å². The molecule has 0 unspecified atom stereocenters. The third-order valence-electron chi connectivity index (χ3n) is 3.11. The molecule has 1 aromatic rings. The van der Waals surface area contributed by atoms with Crippen molar-refractivity contribution in [2.24, 2.45) is 0 Å². The highest BCUT2D eigenvalue weighted by atomic mass is 28.3. The van der Waals surface area contributed by atoms with Crippen molar-refractivity contribution in [3.63, 3.8) is 0 Å². The first-order valence-electron chi connectivity index (χ1n) is 5.73. The summed E-state index contributed by atoms with van der Waals surface area (Å²) in [6.07, 6.45) is 0.975. The smallest absolute Gasteiger partial charge is 0.310 e. The van der Waals surface area contributed by atoms with Gasteiger partial charge >= 0.3 is 5.97 Å². The second-order valence-corrected chi connectivity index (χ2v) is 10.9. The summed E-state index contributed by atoms with van der Waals surface area (Å²) in [5.41, 5.74) is 1.43. The van der Waals surface area contributed by atoms with Crippen LogP contribution in [0, 0.1) is 0 Å². The van der Waals surface area contributed by atoms with E-state index in [0.29, 0.717) is 0 Å². The Morgan fingerprint density at radius 2 is 1.81 bits per heavy atom. The van der Waals surface area contributed by atoms with E-state index in [1.807, 2.05) is 18.2 Å². The summed E-state index contributed by atoms with van der Waals surface area (Å²) in [7, 11) is -1.43. The fourth-order valence-corrected chi connectivity index (χ4v) is 4.36. The lowest BCUT2D eigenvalue weighted by Gasteiger charge is -2.42. The number of hydrogen-bond donors (Lipinski definition) is 0. The lowest BCUT2D eigenvalue weighted by Crippen LogP contribution is -2.53. The second kappa shape index (κ2) is 4.05. The van der Waals surface area contributed by atoms with Gasteiger partial charge in [-0.15, -0.1) is 0 Å². The molecule has 2 nitrogen and oxygen atoms in total. The quantitative estimate of drug-likeness (QED) is 0.594. The van der Waals surface area contributed by atoms with Crippen LogP contribution in [0.1, 0.15) is 5.56 Å². The Labute approximate surface area is 97.6 Å². The molecule has 1 heterocycles. The van der Waals surface area contributed by atoms with Gasteiger partial charge in [0.1, 0.15) is 6.10 Å². The second-order valence-electron chi connectivity index (χ2n) is 5.51. The highest BCUT2D eigenvalue weighted by Gasteiger charge is 2.49. The lowest BCUT2D eigenvalue weighted by molar-refractivity contribution is -0.169. The molecule has 0 bridgehead atoms. The number of esters is 1. The van der Waals surface area contributed by atoms with Gasteiger partial charge in [0, 0.05) is 6.42 Å². The molecule has 1 aliphatic rings. The van der Waals surface area contributed by atoms with Crippen LogP contribution in [0.2, 0.25) is 25.2 Å². The maximum atomic E-state index is 11.5. The number of hydrogen-bond acceptors (Lipinski definition) is 2. The van der Waals surface area contributed by atoms with Crippen molar-refractivity contribution in [3.05, 3.63) is 35.9 Å². The molecule has 0 aromatic heterocycles. The number of rotatable bonds is 3. The zero-order chi connectivity index (χ0) is 11.8. The van der Waals surface area contributed by atoms with Crippen LogP contribution in [0.25, 0.3) is 0 Å². The Bertz CT molecular complexity index is 381. The van der Waals surface area contributed by atoms with Crippen LogP contribution in [-0.2, 0) is 16.0 Å². The average molecular weight is 234 g/mol. The first kappa shape index (κ1) is 11.4. The van der Waals surface area contributed by atoms with Crippen LogP contribution >= 0.6 is 0 Å². The van der Waals surface area contributed by atoms with E-state index in [0.717, 1.165) is 6.42 Å². The van der Waals surface area contributed by atoms with Gasteiger partial charge in [0.05, 0.1) is 13.6 Å². The molecule has 16 heavy (non-hydrogen) atoms. The van der Waals surface area contributed by atoms with E-state index in [-0.39, 0.29) is 17.6 Å². The topological polar surface area (TPSA) is 26.3 Å². The molecule has 0 amide bonds. The minimum Gasteiger partial charge on any atom is -0.461 e. The molecule has 86 valence electrons. The van der Waals surface area contributed by atoms with Gasteiger partial charge < -0.3 is 4.74 Å². The van der Waals surface area contributed by atoms with Crippen molar-refractivity contribution in [2.75, 3.05) is 0 Å². The third kappa shape index (κ3) is 2.19. The summed E-state index contributed by atoms with van der Waals surface area (Å²) < 4.78 is 5.28. The largest absolute Gasteiger partial charge is 0.461 e. The standard InChI is InChI=1S/C13H18O2Si/c1-16(2,3)12-11(15-13(12)14)9-10-7-5-4-6-8-10/h4-8,11-12H,9H2,1-3H3/t11-,12+/m0/s1. The summed E-state index contributed by atoms with van der Waals surface area (Å²) >= 11 is 0. The Kier molecular flexibility index (Phi) is 2.89. The van der Waals surface area contributed by atoms with Crippen molar-refractivity contribution < 1.29 is 9.53 Å². The average Bonchev–Trinajstić information content (AvgIpc) is 2.15. The highest BCUT2D eigenvalue weighted by Crippen LogP contribution is 2.38. The van der Waals surface area contributed by atoms with Gasteiger partial charge in [0.25, 0.3) is 0 Å². The normalized spacial score (nSPS) is 24.8. The number of carbonyl (C=O) groups is 1. The number of carbonyl (C=O) groups excluding carboxylic acids is 1. The van der Waals surface area contributed by atoms with E-state index < -0.39 is 8.07 Å². The van der Waals surface area contributed by atoms with Crippen LogP contribution in [-0.4, -0.2) is 20.1 Å². The van der Waals surface area contributed by atoms with E-state index in [1.165, 1.54) is 5.56 Å². The predicted molar refractivity (Wildman–Crippen MR) is 67.1 cm³/mol. The minimum absolute atomic E-state index is 0.0140. The molecule has 1 aromatic carbocycles. The molecule has 0 radical (unpaired) electrons. The maximum Gasteiger partial charge on any atom is 0.310 e. The Balaban J connectivity index is 2.05. The molecule has 0 N–H and O–H groups in total. The first-order valence-corrected chi connectivity index (χ1v) is 9.30. The maximum absolute atomic E-state index is 11.5. The third-order valence-corrected chi connectivity index (χ3v) is 5.58. The SMILES string of the molecule is C[Si](C)(C)[C@H]1C(=O)O[C@H]1Cc1ccccc1. The van der Waals surface area contributed by atoms with Gasteiger partial charge in [0.2, 0.25) is 0 Å². The molecule has 1 aliphatic heterocycles. The lowest BCUT2D eigenvalue weighted by atomic mass is 10.0. The van der Waals surface area contributed by atoms with E-state index >= 15 is 0 Å². The van der Waals surface area contributed by atoms with E-state index in [1.54, 1.807) is 0 Å². The van der Waals surface area contributed by atoms with Crippen molar-refractivity contribution in [1.29, 1.82) is 0 Å². The molecule has 0 spiro atoms. The first-order chi connectivity index (χ1) is 7.48. The summed E-state index contributed by atoms with van der Waals surface area (Å²) in [5.74, 6) is 0.0140. The fourth-order valence-electron chi connectivity index (χ4n) is 2.29. The number of cyclic esters (lactones) is 1. The van der Waals surface area contributed by atoms with Gasteiger partial charge in [-0.3, -0.25) is 4.79 Å². The highest BCUT2D eigenvalue weighted by molar-refractivity contribution is 6.81. The van der Waals surface area contributed by atoms with Crippen molar-refractivity contribution in [1.82, 2.24) is 0 Å². The molecule has 2 atom stereocenters. The molecule has 1 fully saturated rings. The van der Waals surface area contributed by atoms with Crippen molar-refractivity contribution >= 4 is 14.0 Å². The number of ether oxygens (including phenoxy) is 1. The number of benzene rings is 1. The van der Waals surface area contributed by atoms with Crippen LogP contribution in [0.5, 0.6) is 0 Å². The van der Waals surface area contributed by atoms with Gasteiger partial charge in [-0.05, 0) is 5.56 Å². The van der Waals surface area contributed by atoms with Crippen LogP contribution in [0.15, 0.2) is 30.3 Å². The van der Waals surface area contributed by atoms with Crippen molar-refractivity contribution in [2.45, 2.75) is 37.7 Å². The van der Waals surface area contributed by atoms with Gasteiger partial charge in [0.15, 0.2) is 0 Å². The molecule has 0 saturated carbocycles. The molecular formula is C13H18O2Si. The Morgan fingerprint density at radius 1 is 1.19 bits per heavy atom. The van der Waals surface area contributed by atoms with Crippen LogP contribution in [0.4, 0.5) is 0 Å². The van der Waals surface area contributed by atoms with Crippen LogP contribution < -0.4 is 0 Å². The monoisotopic (exact) mass is 234 g/mol. The van der Waals surface area contributed by atoms with Gasteiger partial charge in [-0.25, -0.2) is 0 Å². The summed E-state index contributed by atoms with van der Waals surface area (Å²) in [6, 6.07) is 10.2. The van der Waals surface area contributed by atoms with Crippen LogP contribution in [0.3, 0.4) is 0 Å². The fraction of sp³-hybridized carbons (Fsp3) is 0.462. The van der Waals surface area contributed by atoms with Gasteiger partial charge in [-0.2, -0.15) is 0 Å². The van der Waals surface area contributed by atoms with Gasteiger partial charge in [-0.1, -0.05) is 50.0 Å². The zero-order valence-electron chi connectivity index (χ0n) is 10.1. The summed E-state index contributed by atoms with van der Waals surface area (Å²) in [5, 5.41) is 0. The predicted octanol–water partition coefficient (Wildman–Crippen LogP) is 2.86. The molecule has 2 rings (SSSR count). The minimum atomic E-state index is -1.43. The Morgan fingerprint density at radius 3 is 2.31 bits per heavy atom. The summed E-state index contributed by atoms with van der Waals surface area (Å²) in [4.78, 5) is 11.5. The molecule has 3 heteroatoms.